The Balaban J connectivity index is 1.94. The van der Waals surface area contributed by atoms with Crippen molar-refractivity contribution in [3.8, 4) is 0 Å². The first-order chi connectivity index (χ1) is 14.4. The van der Waals surface area contributed by atoms with Crippen LogP contribution in [0.2, 0.25) is 0 Å². The molecular weight excluding hydrogens is 382 g/mol. The standard InChI is InChI=1S/C23H23N3O4/c1-14-7-9-16(10-8-14)20-18(22(28)23(29)26(20)12-13-30-3)21(27)19-15(2)24-17-6-4-5-11-25(17)19/h4-11,20,27H,12-13H2,1-3H3. The predicted molar refractivity (Wildman–Crippen MR) is 112 cm³/mol. The van der Waals surface area contributed by atoms with Gasteiger partial charge in [0.1, 0.15) is 11.3 Å². The molecule has 1 fully saturated rings. The van der Waals surface area contributed by atoms with Gasteiger partial charge in [0.15, 0.2) is 5.76 Å². The summed E-state index contributed by atoms with van der Waals surface area (Å²) in [6.07, 6.45) is 1.77. The maximum atomic E-state index is 13.0. The number of pyridine rings is 1. The van der Waals surface area contributed by atoms with Crippen LogP contribution in [0.15, 0.2) is 54.2 Å². The van der Waals surface area contributed by atoms with E-state index in [1.165, 1.54) is 4.90 Å². The van der Waals surface area contributed by atoms with Gasteiger partial charge in [-0.05, 0) is 31.5 Å². The fourth-order valence-electron chi connectivity index (χ4n) is 3.92. The molecule has 1 atom stereocenters. The van der Waals surface area contributed by atoms with E-state index in [9.17, 15) is 14.7 Å². The van der Waals surface area contributed by atoms with Gasteiger partial charge in [-0.3, -0.25) is 14.0 Å². The monoisotopic (exact) mass is 405 g/mol. The van der Waals surface area contributed by atoms with Gasteiger partial charge in [0.05, 0.1) is 23.9 Å². The largest absolute Gasteiger partial charge is 0.505 e. The van der Waals surface area contributed by atoms with Crippen molar-refractivity contribution in [2.24, 2.45) is 0 Å². The first-order valence-corrected chi connectivity index (χ1v) is 9.72. The molecule has 0 aliphatic carbocycles. The number of aromatic nitrogens is 2. The Morgan fingerprint density at radius 2 is 1.87 bits per heavy atom. The van der Waals surface area contributed by atoms with Crippen molar-refractivity contribution in [2.45, 2.75) is 19.9 Å². The van der Waals surface area contributed by atoms with E-state index in [2.05, 4.69) is 4.98 Å². The number of fused-ring (bicyclic) bond motifs is 1. The summed E-state index contributed by atoms with van der Waals surface area (Å²) >= 11 is 0. The van der Waals surface area contributed by atoms with Crippen LogP contribution in [0.3, 0.4) is 0 Å². The smallest absolute Gasteiger partial charge is 0.295 e. The second-order valence-corrected chi connectivity index (χ2v) is 7.37. The number of aliphatic hydroxyl groups excluding tert-OH is 1. The van der Waals surface area contributed by atoms with E-state index in [4.69, 9.17) is 4.74 Å². The zero-order valence-electron chi connectivity index (χ0n) is 17.1. The van der Waals surface area contributed by atoms with Crippen molar-refractivity contribution in [1.82, 2.24) is 14.3 Å². The van der Waals surface area contributed by atoms with Crippen LogP contribution >= 0.6 is 0 Å². The summed E-state index contributed by atoms with van der Waals surface area (Å²) in [5, 5.41) is 11.3. The number of likely N-dealkylation sites (tertiary alicyclic amines) is 1. The summed E-state index contributed by atoms with van der Waals surface area (Å²) < 4.78 is 6.86. The van der Waals surface area contributed by atoms with Crippen LogP contribution in [0.5, 0.6) is 0 Å². The van der Waals surface area contributed by atoms with Gasteiger partial charge in [0.2, 0.25) is 0 Å². The molecule has 3 heterocycles. The first kappa shape index (κ1) is 19.8. The molecule has 0 radical (unpaired) electrons. The van der Waals surface area contributed by atoms with Gasteiger partial charge >= 0.3 is 0 Å². The van der Waals surface area contributed by atoms with Crippen molar-refractivity contribution in [3.63, 3.8) is 0 Å². The molecule has 1 aliphatic rings. The molecule has 1 saturated heterocycles. The van der Waals surface area contributed by atoms with Gasteiger partial charge in [0.25, 0.3) is 11.7 Å². The normalized spacial score (nSPS) is 18.5. The number of ketones is 1. The molecule has 1 aliphatic heterocycles. The van der Waals surface area contributed by atoms with Crippen LogP contribution < -0.4 is 0 Å². The number of ether oxygens (including phenoxy) is 1. The van der Waals surface area contributed by atoms with E-state index in [0.29, 0.717) is 17.0 Å². The summed E-state index contributed by atoms with van der Waals surface area (Å²) in [6, 6.07) is 12.4. The lowest BCUT2D eigenvalue weighted by molar-refractivity contribution is -0.140. The topological polar surface area (TPSA) is 84.1 Å². The number of carbonyl (C=O) groups is 2. The van der Waals surface area contributed by atoms with Crippen molar-refractivity contribution in [1.29, 1.82) is 0 Å². The highest BCUT2D eigenvalue weighted by atomic mass is 16.5. The first-order valence-electron chi connectivity index (χ1n) is 9.72. The van der Waals surface area contributed by atoms with Gasteiger partial charge in [-0.1, -0.05) is 35.9 Å². The third-order valence-electron chi connectivity index (χ3n) is 5.40. The molecule has 0 bridgehead atoms. The number of nitrogens with zero attached hydrogens (tertiary/aromatic N) is 3. The number of imidazole rings is 1. The van der Waals surface area contributed by atoms with Gasteiger partial charge in [-0.25, -0.2) is 4.98 Å². The minimum absolute atomic E-state index is 0.0636. The lowest BCUT2D eigenvalue weighted by Crippen LogP contribution is -2.32. The molecule has 1 unspecified atom stereocenters. The number of methoxy groups -OCH3 is 1. The number of Topliss-reactive ketones (excluding diaryl/α,β-unsaturated/α-hetero) is 1. The number of benzene rings is 1. The fourth-order valence-corrected chi connectivity index (χ4v) is 3.92. The summed E-state index contributed by atoms with van der Waals surface area (Å²) in [5.41, 5.74) is 3.51. The van der Waals surface area contributed by atoms with E-state index in [-0.39, 0.29) is 24.5 Å². The Hall–Kier alpha value is -3.45. The molecule has 0 spiro atoms. The van der Waals surface area contributed by atoms with Crippen LogP contribution in [-0.2, 0) is 14.3 Å². The third kappa shape index (κ3) is 3.17. The van der Waals surface area contributed by atoms with E-state index in [0.717, 1.165) is 11.1 Å². The SMILES string of the molecule is COCCN1C(=O)C(=O)C(=C(O)c2c(C)nc3ccccn23)C1c1ccc(C)cc1. The molecular formula is C23H23N3O4. The molecule has 154 valence electrons. The lowest BCUT2D eigenvalue weighted by Gasteiger charge is -2.25. The lowest BCUT2D eigenvalue weighted by atomic mass is 9.95. The van der Waals surface area contributed by atoms with Crippen LogP contribution in [0, 0.1) is 13.8 Å². The summed E-state index contributed by atoms with van der Waals surface area (Å²) in [5.74, 6) is -1.58. The van der Waals surface area contributed by atoms with Crippen LogP contribution in [-0.4, -0.2) is 51.3 Å². The van der Waals surface area contributed by atoms with Crippen molar-refractivity contribution < 1.29 is 19.4 Å². The maximum Gasteiger partial charge on any atom is 0.295 e. The number of rotatable bonds is 5. The number of carbonyl (C=O) groups excluding carboxylic acids is 2. The quantitative estimate of drug-likeness (QED) is 0.401. The third-order valence-corrected chi connectivity index (χ3v) is 5.40. The van der Waals surface area contributed by atoms with Gasteiger partial charge in [-0.2, -0.15) is 0 Å². The minimum atomic E-state index is -0.709. The molecule has 2 aromatic heterocycles. The van der Waals surface area contributed by atoms with E-state index >= 15 is 0 Å². The van der Waals surface area contributed by atoms with Crippen LogP contribution in [0.1, 0.15) is 28.6 Å². The van der Waals surface area contributed by atoms with Crippen molar-refractivity contribution in [3.05, 3.63) is 76.7 Å². The highest BCUT2D eigenvalue weighted by molar-refractivity contribution is 6.46. The maximum absolute atomic E-state index is 13.0. The molecule has 30 heavy (non-hydrogen) atoms. The Labute approximate surface area is 174 Å². The number of hydrogen-bond donors (Lipinski definition) is 1. The average molecular weight is 405 g/mol. The number of hydrogen-bond acceptors (Lipinski definition) is 5. The highest BCUT2D eigenvalue weighted by Gasteiger charge is 2.46. The zero-order chi connectivity index (χ0) is 21.4. The Morgan fingerprint density at radius 1 is 1.13 bits per heavy atom. The second kappa shape index (κ2) is 7.76. The fraction of sp³-hybridized carbons (Fsp3) is 0.261. The predicted octanol–water partition coefficient (Wildman–Crippen LogP) is 3.02. The molecule has 1 N–H and O–H groups in total. The van der Waals surface area contributed by atoms with Crippen molar-refractivity contribution in [2.75, 3.05) is 20.3 Å². The second-order valence-electron chi connectivity index (χ2n) is 7.37. The number of amides is 1. The van der Waals surface area contributed by atoms with Crippen molar-refractivity contribution >= 4 is 23.1 Å². The van der Waals surface area contributed by atoms with Gasteiger partial charge < -0.3 is 14.7 Å². The van der Waals surface area contributed by atoms with Gasteiger partial charge in [-0.15, -0.1) is 0 Å². The Kier molecular flexibility index (Phi) is 5.13. The minimum Gasteiger partial charge on any atom is -0.505 e. The van der Waals surface area contributed by atoms with E-state index in [1.54, 1.807) is 24.6 Å². The molecule has 7 nitrogen and oxygen atoms in total. The summed E-state index contributed by atoms with van der Waals surface area (Å²) in [4.78, 5) is 31.8. The molecule has 0 saturated carbocycles. The zero-order valence-corrected chi connectivity index (χ0v) is 17.1. The Bertz CT molecular complexity index is 1160. The molecule has 4 rings (SSSR count). The number of aryl methyl sites for hydroxylation is 2. The average Bonchev–Trinajstić information content (AvgIpc) is 3.20. The highest BCUT2D eigenvalue weighted by Crippen LogP contribution is 2.39. The summed E-state index contributed by atoms with van der Waals surface area (Å²) in [6.45, 7) is 4.25. The van der Waals surface area contributed by atoms with E-state index < -0.39 is 17.7 Å². The molecule has 1 amide bonds. The number of aliphatic hydroxyl groups is 1. The molecule has 3 aromatic rings. The molecule has 7 heteroatoms. The Morgan fingerprint density at radius 3 is 2.57 bits per heavy atom. The van der Waals surface area contributed by atoms with E-state index in [1.807, 2.05) is 49.4 Å². The van der Waals surface area contributed by atoms with Gasteiger partial charge in [0, 0.05) is 19.9 Å². The summed E-state index contributed by atoms with van der Waals surface area (Å²) in [7, 11) is 1.54. The van der Waals surface area contributed by atoms with Crippen LogP contribution in [0.25, 0.3) is 11.4 Å². The van der Waals surface area contributed by atoms with Crippen LogP contribution in [0.4, 0.5) is 0 Å². The molecule has 1 aromatic carbocycles.